The van der Waals surface area contributed by atoms with E-state index < -0.39 is 18.6 Å². The lowest BCUT2D eigenvalue weighted by molar-refractivity contribution is -0.0495. The van der Waals surface area contributed by atoms with Gasteiger partial charge >= 0.3 is 6.61 Å². The molecular weight excluding hydrogens is 476 g/mol. The van der Waals surface area contributed by atoms with Crippen molar-refractivity contribution in [3.8, 4) is 17.0 Å². The molecule has 35 heavy (non-hydrogen) atoms. The van der Waals surface area contributed by atoms with Crippen LogP contribution in [0, 0.1) is 17.3 Å². The molecule has 0 spiro atoms. The first-order valence-corrected chi connectivity index (χ1v) is 12.6. The van der Waals surface area contributed by atoms with E-state index in [4.69, 9.17) is 16.3 Å². The van der Waals surface area contributed by atoms with Crippen LogP contribution < -0.4 is 10.1 Å². The van der Waals surface area contributed by atoms with Gasteiger partial charge in [-0.3, -0.25) is 9.48 Å². The zero-order valence-corrected chi connectivity index (χ0v) is 21.8. The van der Waals surface area contributed by atoms with Crippen LogP contribution >= 0.6 is 11.6 Å². The largest absolute Gasteiger partial charge is 0.434 e. The van der Waals surface area contributed by atoms with Crippen LogP contribution in [0.15, 0.2) is 18.2 Å². The van der Waals surface area contributed by atoms with Crippen LogP contribution in [0.5, 0.6) is 5.75 Å². The molecule has 3 atom stereocenters. The molecule has 0 aliphatic heterocycles. The van der Waals surface area contributed by atoms with E-state index in [-0.39, 0.29) is 27.8 Å². The average Bonchev–Trinajstić information content (AvgIpc) is 3.08. The lowest BCUT2D eigenvalue weighted by atomic mass is 9.81. The highest BCUT2D eigenvalue weighted by atomic mass is 35.5. The Hall–Kier alpha value is -2.19. The highest BCUT2D eigenvalue weighted by Gasteiger charge is 2.29. The SMILES string of the molecule is CCn1nc(C(=O)NC[C@H]2CC[C@H](C)C[C@@H]2O)c(Cl)c1-c1ccc(CC(C)(C)C)cc1OC(F)F. The van der Waals surface area contributed by atoms with Gasteiger partial charge in [-0.25, -0.2) is 0 Å². The second kappa shape index (κ2) is 11.2. The summed E-state index contributed by atoms with van der Waals surface area (Å²) in [5.41, 5.74) is 1.53. The van der Waals surface area contributed by atoms with Crippen molar-refractivity contribution in [2.45, 2.75) is 79.6 Å². The number of alkyl halides is 2. The minimum absolute atomic E-state index is 0.00958. The minimum Gasteiger partial charge on any atom is -0.434 e. The van der Waals surface area contributed by atoms with Crippen LogP contribution in [0.1, 0.15) is 69.9 Å². The molecule has 2 aromatic rings. The summed E-state index contributed by atoms with van der Waals surface area (Å²) in [5, 5.41) is 17.6. The molecule has 9 heteroatoms. The number of aryl methyl sites for hydroxylation is 1. The van der Waals surface area contributed by atoms with Gasteiger partial charge in [-0.1, -0.05) is 51.8 Å². The summed E-state index contributed by atoms with van der Waals surface area (Å²) in [6, 6.07) is 5.14. The van der Waals surface area contributed by atoms with Gasteiger partial charge in [0.05, 0.1) is 16.8 Å². The van der Waals surface area contributed by atoms with E-state index in [2.05, 4.69) is 38.1 Å². The van der Waals surface area contributed by atoms with Gasteiger partial charge in [-0.2, -0.15) is 13.9 Å². The van der Waals surface area contributed by atoms with E-state index in [1.54, 1.807) is 12.1 Å². The van der Waals surface area contributed by atoms with Crippen molar-refractivity contribution < 1.29 is 23.4 Å². The number of carbonyl (C=O) groups excluding carboxylic acids is 1. The fourth-order valence-electron chi connectivity index (χ4n) is 4.71. The zero-order valence-electron chi connectivity index (χ0n) is 21.1. The van der Waals surface area contributed by atoms with Gasteiger partial charge in [0.2, 0.25) is 0 Å². The molecule has 1 heterocycles. The number of rotatable bonds is 8. The number of benzene rings is 1. The summed E-state index contributed by atoms with van der Waals surface area (Å²) in [4.78, 5) is 13.0. The lowest BCUT2D eigenvalue weighted by Crippen LogP contribution is -2.38. The normalized spacial score (nSPS) is 20.8. The van der Waals surface area contributed by atoms with E-state index in [9.17, 15) is 18.7 Å². The first-order valence-electron chi connectivity index (χ1n) is 12.2. The number of amides is 1. The number of hydrogen-bond acceptors (Lipinski definition) is 4. The maximum atomic E-state index is 13.3. The molecule has 194 valence electrons. The summed E-state index contributed by atoms with van der Waals surface area (Å²) >= 11 is 6.63. The minimum atomic E-state index is -3.01. The quantitative estimate of drug-likeness (QED) is 0.460. The average molecular weight is 512 g/mol. The molecule has 3 rings (SSSR count). The topological polar surface area (TPSA) is 76.4 Å². The molecule has 1 amide bonds. The molecule has 0 bridgehead atoms. The predicted molar refractivity (Wildman–Crippen MR) is 133 cm³/mol. The number of aliphatic hydroxyl groups is 1. The standard InChI is InChI=1S/C26H36ClF2N3O3/c1-6-32-23(18-10-8-16(13-26(3,4)5)12-20(18)35-25(28)29)21(27)22(31-32)24(34)30-14-17-9-7-15(2)11-19(17)33/h8,10,12,15,17,19,25,33H,6-7,9,11,13-14H2,1-5H3,(H,30,34)/t15-,17+,19-/m0/s1. The number of aliphatic hydroxyl groups excluding tert-OH is 1. The molecule has 1 saturated carbocycles. The molecule has 1 aliphatic rings. The van der Waals surface area contributed by atoms with Crippen molar-refractivity contribution in [1.82, 2.24) is 15.1 Å². The fourth-order valence-corrected chi connectivity index (χ4v) is 5.03. The summed E-state index contributed by atoms with van der Waals surface area (Å²) in [5.74, 6) is -0.0312. The molecule has 1 aliphatic carbocycles. The molecule has 0 radical (unpaired) electrons. The molecule has 0 unspecified atom stereocenters. The van der Waals surface area contributed by atoms with Gasteiger partial charge < -0.3 is 15.2 Å². The second-order valence-electron chi connectivity index (χ2n) is 10.7. The number of hydrogen-bond donors (Lipinski definition) is 2. The number of halogens is 3. The molecule has 6 nitrogen and oxygen atoms in total. The Bertz CT molecular complexity index is 1040. The van der Waals surface area contributed by atoms with Crippen molar-refractivity contribution in [3.05, 3.63) is 34.5 Å². The number of ether oxygens (including phenoxy) is 1. The van der Waals surface area contributed by atoms with E-state index >= 15 is 0 Å². The van der Waals surface area contributed by atoms with Crippen molar-refractivity contribution >= 4 is 17.5 Å². The van der Waals surface area contributed by atoms with Crippen molar-refractivity contribution in [2.75, 3.05) is 6.54 Å². The third kappa shape index (κ3) is 6.94. The zero-order chi connectivity index (χ0) is 25.9. The van der Waals surface area contributed by atoms with Gasteiger partial charge in [-0.05, 0) is 55.2 Å². The van der Waals surface area contributed by atoms with E-state index in [1.165, 1.54) is 4.68 Å². The lowest BCUT2D eigenvalue weighted by Gasteiger charge is -2.31. The van der Waals surface area contributed by atoms with Gasteiger partial charge in [0.15, 0.2) is 5.69 Å². The van der Waals surface area contributed by atoms with Crippen molar-refractivity contribution in [2.24, 2.45) is 17.3 Å². The highest BCUT2D eigenvalue weighted by Crippen LogP contribution is 2.39. The van der Waals surface area contributed by atoms with Crippen LogP contribution in [0.4, 0.5) is 8.78 Å². The molecule has 2 N–H and O–H groups in total. The first-order chi connectivity index (χ1) is 16.4. The smallest absolute Gasteiger partial charge is 0.387 e. The van der Waals surface area contributed by atoms with Gasteiger partial charge in [0.25, 0.3) is 5.91 Å². The van der Waals surface area contributed by atoms with E-state index in [0.717, 1.165) is 18.4 Å². The Morgan fingerprint density at radius 3 is 2.66 bits per heavy atom. The monoisotopic (exact) mass is 511 g/mol. The van der Waals surface area contributed by atoms with Gasteiger partial charge in [-0.15, -0.1) is 0 Å². The number of nitrogens with zero attached hydrogens (tertiary/aromatic N) is 2. The number of nitrogens with one attached hydrogen (secondary N) is 1. The van der Waals surface area contributed by atoms with E-state index in [0.29, 0.717) is 43.1 Å². The molecule has 0 saturated heterocycles. The number of carbonyl (C=O) groups is 1. The summed E-state index contributed by atoms with van der Waals surface area (Å²) in [6.45, 7) is 7.81. The Morgan fingerprint density at radius 1 is 1.34 bits per heavy atom. The van der Waals surface area contributed by atoms with Gasteiger partial charge in [0, 0.05) is 24.6 Å². The maximum Gasteiger partial charge on any atom is 0.387 e. The van der Waals surface area contributed by atoms with Crippen LogP contribution in [0.25, 0.3) is 11.3 Å². The second-order valence-corrected chi connectivity index (χ2v) is 11.1. The molecular formula is C26H36ClF2N3O3. The van der Waals surface area contributed by atoms with Crippen molar-refractivity contribution in [3.63, 3.8) is 0 Å². The Morgan fingerprint density at radius 2 is 2.06 bits per heavy atom. The Labute approximate surface area is 211 Å². The summed E-state index contributed by atoms with van der Waals surface area (Å²) < 4.78 is 32.9. The third-order valence-corrected chi connectivity index (χ3v) is 6.76. The van der Waals surface area contributed by atoms with Crippen LogP contribution in [0.2, 0.25) is 5.02 Å². The summed E-state index contributed by atoms with van der Waals surface area (Å²) in [7, 11) is 0. The molecule has 1 aromatic carbocycles. The van der Waals surface area contributed by atoms with Crippen LogP contribution in [-0.4, -0.2) is 40.1 Å². The Kier molecular flexibility index (Phi) is 8.81. The molecule has 1 aromatic heterocycles. The maximum absolute atomic E-state index is 13.3. The first kappa shape index (κ1) is 27.4. The summed E-state index contributed by atoms with van der Waals surface area (Å²) in [6.07, 6.45) is 2.77. The van der Waals surface area contributed by atoms with Crippen LogP contribution in [-0.2, 0) is 13.0 Å². The third-order valence-electron chi connectivity index (χ3n) is 6.40. The predicted octanol–water partition coefficient (Wildman–Crippen LogP) is 5.94. The van der Waals surface area contributed by atoms with Crippen molar-refractivity contribution in [1.29, 1.82) is 0 Å². The number of aromatic nitrogens is 2. The highest BCUT2D eigenvalue weighted by molar-refractivity contribution is 6.36. The van der Waals surface area contributed by atoms with E-state index in [1.807, 2.05) is 13.0 Å². The molecule has 1 fully saturated rings. The van der Waals surface area contributed by atoms with Crippen LogP contribution in [0.3, 0.4) is 0 Å². The Balaban J connectivity index is 1.90. The van der Waals surface area contributed by atoms with Gasteiger partial charge in [0.1, 0.15) is 5.75 Å². The fraction of sp³-hybridized carbons (Fsp3) is 0.615.